The van der Waals surface area contributed by atoms with E-state index >= 15 is 0 Å². The summed E-state index contributed by atoms with van der Waals surface area (Å²) in [5, 5.41) is 2.91. The Morgan fingerprint density at radius 2 is 1.76 bits per heavy atom. The van der Waals surface area contributed by atoms with E-state index in [9.17, 15) is 4.79 Å². The van der Waals surface area contributed by atoms with Gasteiger partial charge in [-0.05, 0) is 24.2 Å². The molecule has 0 saturated carbocycles. The summed E-state index contributed by atoms with van der Waals surface area (Å²) in [6.45, 7) is 15.6. The first-order chi connectivity index (χ1) is 9.47. The van der Waals surface area contributed by atoms with Crippen LogP contribution in [0.4, 0.5) is 0 Å². The van der Waals surface area contributed by atoms with Crippen LogP contribution < -0.4 is 5.32 Å². The van der Waals surface area contributed by atoms with Gasteiger partial charge in [-0.25, -0.2) is 0 Å². The van der Waals surface area contributed by atoms with Crippen molar-refractivity contribution in [3.63, 3.8) is 0 Å². The molecule has 0 aromatic heterocycles. The van der Waals surface area contributed by atoms with E-state index in [-0.39, 0.29) is 22.6 Å². The SMILES string of the molecule is [B]C(C)(C)CC(C)(C)CNC(=O)C(C)CC(C)CCCC. The Morgan fingerprint density at radius 3 is 2.24 bits per heavy atom. The molecule has 0 bridgehead atoms. The van der Waals surface area contributed by atoms with Gasteiger partial charge in [0.15, 0.2) is 0 Å². The van der Waals surface area contributed by atoms with Gasteiger partial charge in [-0.1, -0.05) is 73.0 Å². The lowest BCUT2D eigenvalue weighted by Gasteiger charge is -2.33. The molecule has 0 rings (SSSR count). The molecule has 21 heavy (non-hydrogen) atoms. The second kappa shape index (κ2) is 8.85. The predicted molar refractivity (Wildman–Crippen MR) is 93.7 cm³/mol. The molecule has 0 aromatic rings. The molecule has 0 aliphatic carbocycles. The molecule has 0 aromatic carbocycles. The van der Waals surface area contributed by atoms with Gasteiger partial charge in [0.2, 0.25) is 5.91 Å². The van der Waals surface area contributed by atoms with Crippen LogP contribution in [0.2, 0.25) is 5.31 Å². The van der Waals surface area contributed by atoms with Crippen LogP contribution in [0.1, 0.15) is 80.6 Å². The first-order valence-electron chi connectivity index (χ1n) is 8.53. The molecule has 0 aliphatic rings. The molecule has 1 amide bonds. The van der Waals surface area contributed by atoms with Crippen LogP contribution >= 0.6 is 0 Å². The molecule has 0 spiro atoms. The zero-order chi connectivity index (χ0) is 16.7. The van der Waals surface area contributed by atoms with Gasteiger partial charge in [0.1, 0.15) is 0 Å². The van der Waals surface area contributed by atoms with Gasteiger partial charge in [-0.15, -0.1) is 0 Å². The van der Waals surface area contributed by atoms with Crippen LogP contribution in [0.15, 0.2) is 0 Å². The third-order valence-corrected chi connectivity index (χ3v) is 3.93. The second-order valence-corrected chi connectivity index (χ2v) is 8.43. The van der Waals surface area contributed by atoms with Crippen LogP contribution in [0.3, 0.4) is 0 Å². The van der Waals surface area contributed by atoms with Crippen LogP contribution in [-0.2, 0) is 4.79 Å². The predicted octanol–water partition coefficient (Wildman–Crippen LogP) is 4.74. The molecule has 2 unspecified atom stereocenters. The molecule has 1 N–H and O–H groups in total. The second-order valence-electron chi connectivity index (χ2n) is 8.43. The van der Waals surface area contributed by atoms with Gasteiger partial charge in [-0.2, -0.15) is 0 Å². The summed E-state index contributed by atoms with van der Waals surface area (Å²) in [4.78, 5) is 12.2. The average molecular weight is 293 g/mol. The number of hydrogen-bond donors (Lipinski definition) is 1. The Morgan fingerprint density at radius 1 is 1.19 bits per heavy atom. The Bertz CT molecular complexity index is 307. The summed E-state index contributed by atoms with van der Waals surface area (Å²) >= 11 is 0. The lowest BCUT2D eigenvalue weighted by Crippen LogP contribution is -2.38. The minimum Gasteiger partial charge on any atom is -0.355 e. The van der Waals surface area contributed by atoms with E-state index in [1.807, 2.05) is 20.8 Å². The van der Waals surface area contributed by atoms with E-state index in [1.54, 1.807) is 0 Å². The summed E-state index contributed by atoms with van der Waals surface area (Å²) < 4.78 is 0. The average Bonchev–Trinajstić information content (AvgIpc) is 2.30. The van der Waals surface area contributed by atoms with Gasteiger partial charge in [0.25, 0.3) is 0 Å². The van der Waals surface area contributed by atoms with Gasteiger partial charge in [-0.3, -0.25) is 4.79 Å². The van der Waals surface area contributed by atoms with Crippen LogP contribution in [0, 0.1) is 17.3 Å². The fourth-order valence-corrected chi connectivity index (χ4v) is 3.18. The number of amides is 1. The van der Waals surface area contributed by atoms with Crippen molar-refractivity contribution >= 4 is 13.8 Å². The molecular formula is C18H36BNO. The summed E-state index contributed by atoms with van der Waals surface area (Å²) in [7, 11) is 6.09. The third kappa shape index (κ3) is 10.8. The number of unbranched alkanes of at least 4 members (excludes halogenated alkanes) is 1. The molecule has 3 heteroatoms. The van der Waals surface area contributed by atoms with Crippen molar-refractivity contribution in [3.05, 3.63) is 0 Å². The maximum absolute atomic E-state index is 12.2. The van der Waals surface area contributed by atoms with Crippen molar-refractivity contribution in [1.29, 1.82) is 0 Å². The van der Waals surface area contributed by atoms with Crippen molar-refractivity contribution in [3.8, 4) is 0 Å². The van der Waals surface area contributed by atoms with Crippen molar-refractivity contribution in [1.82, 2.24) is 5.32 Å². The molecule has 0 fully saturated rings. The van der Waals surface area contributed by atoms with Crippen molar-refractivity contribution in [2.45, 2.75) is 85.9 Å². The van der Waals surface area contributed by atoms with Gasteiger partial charge < -0.3 is 5.32 Å². The molecule has 0 saturated heterocycles. The Balaban J connectivity index is 4.18. The van der Waals surface area contributed by atoms with E-state index in [0.717, 1.165) is 12.8 Å². The summed E-state index contributed by atoms with van der Waals surface area (Å²) in [5.74, 6) is 0.904. The number of nitrogens with one attached hydrogen (secondary N) is 1. The monoisotopic (exact) mass is 293 g/mol. The molecule has 2 nitrogen and oxygen atoms in total. The smallest absolute Gasteiger partial charge is 0.222 e. The van der Waals surface area contributed by atoms with Crippen LogP contribution in [0.5, 0.6) is 0 Å². The number of hydrogen-bond acceptors (Lipinski definition) is 1. The van der Waals surface area contributed by atoms with Crippen molar-refractivity contribution < 1.29 is 4.79 Å². The summed E-state index contributed by atoms with van der Waals surface area (Å²) in [5.41, 5.74) is 0.0292. The van der Waals surface area contributed by atoms with Gasteiger partial charge in [0, 0.05) is 12.5 Å². The molecular weight excluding hydrogens is 257 g/mol. The van der Waals surface area contributed by atoms with E-state index in [4.69, 9.17) is 7.85 Å². The minimum atomic E-state index is -0.200. The highest BCUT2D eigenvalue weighted by Crippen LogP contribution is 2.35. The first-order valence-corrected chi connectivity index (χ1v) is 8.53. The molecule has 0 heterocycles. The highest BCUT2D eigenvalue weighted by Gasteiger charge is 2.26. The maximum Gasteiger partial charge on any atom is 0.222 e. The fraction of sp³-hybridized carbons (Fsp3) is 0.944. The van der Waals surface area contributed by atoms with E-state index in [0.29, 0.717) is 12.5 Å². The maximum atomic E-state index is 12.2. The zero-order valence-electron chi connectivity index (χ0n) is 15.4. The van der Waals surface area contributed by atoms with E-state index in [1.165, 1.54) is 19.3 Å². The number of rotatable bonds is 10. The highest BCUT2D eigenvalue weighted by atomic mass is 16.1. The van der Waals surface area contributed by atoms with Crippen LogP contribution in [0.25, 0.3) is 0 Å². The quantitative estimate of drug-likeness (QED) is 0.579. The number of carbonyl (C=O) groups excluding carboxylic acids is 1. The van der Waals surface area contributed by atoms with Crippen LogP contribution in [-0.4, -0.2) is 20.3 Å². The van der Waals surface area contributed by atoms with Gasteiger partial charge >= 0.3 is 0 Å². The highest BCUT2D eigenvalue weighted by molar-refractivity contribution is 6.14. The largest absolute Gasteiger partial charge is 0.355 e. The van der Waals surface area contributed by atoms with Crippen molar-refractivity contribution in [2.24, 2.45) is 17.3 Å². The number of carbonyl (C=O) groups is 1. The van der Waals surface area contributed by atoms with E-state index in [2.05, 4.69) is 33.0 Å². The summed E-state index contributed by atoms with van der Waals surface area (Å²) in [6.07, 6.45) is 5.58. The van der Waals surface area contributed by atoms with Gasteiger partial charge in [0.05, 0.1) is 7.85 Å². The fourth-order valence-electron chi connectivity index (χ4n) is 3.18. The topological polar surface area (TPSA) is 29.1 Å². The Labute approximate surface area is 134 Å². The van der Waals surface area contributed by atoms with E-state index < -0.39 is 0 Å². The van der Waals surface area contributed by atoms with Crippen molar-refractivity contribution in [2.75, 3.05) is 6.54 Å². The summed E-state index contributed by atoms with van der Waals surface area (Å²) in [6, 6.07) is 0. The Kier molecular flexibility index (Phi) is 8.66. The molecule has 0 aliphatic heterocycles. The minimum absolute atomic E-state index is 0.0292. The first kappa shape index (κ1) is 20.5. The lowest BCUT2D eigenvalue weighted by atomic mass is 9.63. The molecule has 122 valence electrons. The standard InChI is InChI=1S/C18H36BNO/c1-8-9-10-14(2)11-15(3)16(21)20-13-17(4,5)12-18(6,7)19/h14-15H,8-13H2,1-7H3,(H,20,21). The zero-order valence-corrected chi connectivity index (χ0v) is 15.4. The normalized spacial score (nSPS) is 15.6. The lowest BCUT2D eigenvalue weighted by molar-refractivity contribution is -0.125. The Hall–Kier alpha value is -0.465. The third-order valence-electron chi connectivity index (χ3n) is 3.93. The molecule has 2 radical (unpaired) electrons. The molecule has 2 atom stereocenters.